The average molecular weight is 621 g/mol. The van der Waals surface area contributed by atoms with E-state index in [2.05, 4.69) is 26.0 Å². The summed E-state index contributed by atoms with van der Waals surface area (Å²) in [7, 11) is 0. The standard InChI is InChI=1S/C38H59F3O3/c1-3-5-7-9-34-21-20-32(26-43-34)31-18-16-29(17-19-31)11-10-28-12-14-30(15-13-28)25-33(39)27-44-36-23-22-35(37(40)38(36)41)42-24-8-6-4-2/h10-11,22-23,28-34H,3-9,12-21,24-27H2,1-2H3. The van der Waals surface area contributed by atoms with E-state index in [9.17, 15) is 13.2 Å². The molecule has 0 N–H and O–H groups in total. The highest BCUT2D eigenvalue weighted by Gasteiger charge is 2.31. The van der Waals surface area contributed by atoms with Gasteiger partial charge >= 0.3 is 0 Å². The molecule has 0 radical (unpaired) electrons. The lowest BCUT2D eigenvalue weighted by Crippen LogP contribution is -2.32. The number of allylic oxidation sites excluding steroid dienone is 2. The molecule has 1 aromatic carbocycles. The van der Waals surface area contributed by atoms with Crippen LogP contribution in [0.25, 0.3) is 0 Å². The minimum absolute atomic E-state index is 0.123. The molecule has 2 saturated carbocycles. The molecule has 3 atom stereocenters. The molecule has 0 aromatic heterocycles. The number of unbranched alkanes of at least 4 members (excludes halogenated alkanes) is 4. The van der Waals surface area contributed by atoms with Crippen molar-refractivity contribution in [2.75, 3.05) is 19.8 Å². The summed E-state index contributed by atoms with van der Waals surface area (Å²) in [5.41, 5.74) is 0. The molecule has 3 nitrogen and oxygen atoms in total. The number of hydrogen-bond acceptors (Lipinski definition) is 3. The first-order valence-corrected chi connectivity index (χ1v) is 18.1. The van der Waals surface area contributed by atoms with E-state index in [4.69, 9.17) is 14.2 Å². The van der Waals surface area contributed by atoms with Crippen molar-refractivity contribution in [3.8, 4) is 11.5 Å². The second kappa shape index (κ2) is 19.1. The van der Waals surface area contributed by atoms with Crippen LogP contribution in [0, 0.1) is 41.2 Å². The zero-order chi connectivity index (χ0) is 31.1. The lowest BCUT2D eigenvalue weighted by molar-refractivity contribution is -0.0420. The quantitative estimate of drug-likeness (QED) is 0.128. The summed E-state index contributed by atoms with van der Waals surface area (Å²) < 4.78 is 60.5. The van der Waals surface area contributed by atoms with Crippen LogP contribution in [0.3, 0.4) is 0 Å². The Morgan fingerprint density at radius 2 is 1.34 bits per heavy atom. The molecule has 3 aliphatic rings. The predicted molar refractivity (Wildman–Crippen MR) is 173 cm³/mol. The van der Waals surface area contributed by atoms with Crippen molar-refractivity contribution < 1.29 is 27.4 Å². The van der Waals surface area contributed by atoms with Crippen LogP contribution < -0.4 is 9.47 Å². The van der Waals surface area contributed by atoms with Crippen LogP contribution in [0.15, 0.2) is 24.3 Å². The Morgan fingerprint density at radius 3 is 1.95 bits per heavy atom. The highest BCUT2D eigenvalue weighted by molar-refractivity contribution is 5.35. The molecule has 0 bridgehead atoms. The summed E-state index contributed by atoms with van der Waals surface area (Å²) in [6.07, 6.45) is 24.7. The van der Waals surface area contributed by atoms with Gasteiger partial charge in [-0.2, -0.15) is 8.78 Å². The van der Waals surface area contributed by atoms with Crippen molar-refractivity contribution in [1.29, 1.82) is 0 Å². The van der Waals surface area contributed by atoms with Crippen LogP contribution in [0.4, 0.5) is 13.2 Å². The lowest BCUT2D eigenvalue weighted by Gasteiger charge is -2.37. The Kier molecular flexibility index (Phi) is 15.3. The largest absolute Gasteiger partial charge is 0.490 e. The van der Waals surface area contributed by atoms with E-state index in [0.29, 0.717) is 36.9 Å². The van der Waals surface area contributed by atoms with Gasteiger partial charge in [0.2, 0.25) is 11.6 Å². The molecular weight excluding hydrogens is 561 g/mol. The van der Waals surface area contributed by atoms with Crippen LogP contribution in [0.5, 0.6) is 11.5 Å². The van der Waals surface area contributed by atoms with E-state index in [0.717, 1.165) is 63.4 Å². The molecular formula is C38H59F3O3. The lowest BCUT2D eigenvalue weighted by atomic mass is 9.73. The van der Waals surface area contributed by atoms with Gasteiger partial charge < -0.3 is 14.2 Å². The SMILES string of the molecule is CCCCCOc1ccc(OCC(F)CC2CCC(C=CC3CCC(C4CCC(CCCCC)OC4)CC3)CC2)c(F)c1F. The summed E-state index contributed by atoms with van der Waals surface area (Å²) in [5.74, 6) is 0.659. The van der Waals surface area contributed by atoms with Gasteiger partial charge in [-0.1, -0.05) is 58.1 Å². The molecule has 3 fully saturated rings. The first-order valence-electron chi connectivity index (χ1n) is 18.1. The van der Waals surface area contributed by atoms with Gasteiger partial charge in [0.15, 0.2) is 11.5 Å². The summed E-state index contributed by atoms with van der Waals surface area (Å²) in [6, 6.07) is 2.70. The van der Waals surface area contributed by atoms with Crippen molar-refractivity contribution in [1.82, 2.24) is 0 Å². The van der Waals surface area contributed by atoms with Crippen LogP contribution in [0.2, 0.25) is 0 Å². The second-order valence-corrected chi connectivity index (χ2v) is 14.0. The van der Waals surface area contributed by atoms with E-state index in [-0.39, 0.29) is 18.1 Å². The molecule has 250 valence electrons. The van der Waals surface area contributed by atoms with Crippen molar-refractivity contribution in [3.05, 3.63) is 35.9 Å². The molecule has 1 aromatic rings. The Balaban J connectivity index is 1.08. The number of ether oxygens (including phenoxy) is 3. The molecule has 6 heteroatoms. The van der Waals surface area contributed by atoms with Gasteiger partial charge in [0, 0.05) is 0 Å². The molecule has 44 heavy (non-hydrogen) atoms. The van der Waals surface area contributed by atoms with Gasteiger partial charge in [-0.05, 0) is 125 Å². The minimum Gasteiger partial charge on any atom is -0.490 e. The maximum Gasteiger partial charge on any atom is 0.204 e. The number of rotatable bonds is 17. The Labute approximate surface area is 265 Å². The van der Waals surface area contributed by atoms with Crippen LogP contribution in [-0.2, 0) is 4.74 Å². The minimum atomic E-state index is -1.20. The predicted octanol–water partition coefficient (Wildman–Crippen LogP) is 11.2. The highest BCUT2D eigenvalue weighted by Crippen LogP contribution is 2.40. The van der Waals surface area contributed by atoms with Crippen molar-refractivity contribution in [2.45, 2.75) is 142 Å². The van der Waals surface area contributed by atoms with Gasteiger partial charge in [0.25, 0.3) is 0 Å². The fourth-order valence-electron chi connectivity index (χ4n) is 7.67. The monoisotopic (exact) mass is 620 g/mol. The van der Waals surface area contributed by atoms with Crippen molar-refractivity contribution in [3.63, 3.8) is 0 Å². The van der Waals surface area contributed by atoms with Gasteiger partial charge in [-0.25, -0.2) is 4.39 Å². The van der Waals surface area contributed by atoms with E-state index >= 15 is 0 Å². The van der Waals surface area contributed by atoms with Crippen LogP contribution in [-0.4, -0.2) is 32.1 Å². The Morgan fingerprint density at radius 1 is 0.750 bits per heavy atom. The third kappa shape index (κ3) is 11.3. The summed E-state index contributed by atoms with van der Waals surface area (Å²) in [5, 5.41) is 0. The topological polar surface area (TPSA) is 27.7 Å². The smallest absolute Gasteiger partial charge is 0.204 e. The molecule has 1 aliphatic heterocycles. The fraction of sp³-hybridized carbons (Fsp3) is 0.789. The van der Waals surface area contributed by atoms with E-state index in [1.165, 1.54) is 76.3 Å². The maximum atomic E-state index is 14.8. The van der Waals surface area contributed by atoms with E-state index in [1.54, 1.807) is 0 Å². The van der Waals surface area contributed by atoms with Gasteiger partial charge in [-0.3, -0.25) is 0 Å². The van der Waals surface area contributed by atoms with Crippen molar-refractivity contribution >= 4 is 0 Å². The second-order valence-electron chi connectivity index (χ2n) is 14.0. The van der Waals surface area contributed by atoms with Gasteiger partial charge in [0.05, 0.1) is 19.3 Å². The average Bonchev–Trinajstić information content (AvgIpc) is 3.05. The normalized spacial score (nSPS) is 28.7. The number of halogens is 3. The number of alkyl halides is 1. The van der Waals surface area contributed by atoms with Gasteiger partial charge in [0.1, 0.15) is 12.8 Å². The van der Waals surface area contributed by atoms with Crippen molar-refractivity contribution in [2.24, 2.45) is 29.6 Å². The molecule has 3 unspecified atom stereocenters. The summed E-state index contributed by atoms with van der Waals surface area (Å²) >= 11 is 0. The molecule has 4 rings (SSSR count). The maximum absolute atomic E-state index is 14.8. The highest BCUT2D eigenvalue weighted by atomic mass is 19.2. The molecule has 0 spiro atoms. The van der Waals surface area contributed by atoms with Gasteiger partial charge in [-0.15, -0.1) is 0 Å². The zero-order valence-corrected chi connectivity index (χ0v) is 27.6. The van der Waals surface area contributed by atoms with Crippen LogP contribution in [0.1, 0.15) is 129 Å². The fourth-order valence-corrected chi connectivity index (χ4v) is 7.67. The van der Waals surface area contributed by atoms with E-state index in [1.807, 2.05) is 0 Å². The molecule has 1 heterocycles. The summed E-state index contributed by atoms with van der Waals surface area (Å²) in [6.45, 7) is 5.39. The first kappa shape index (κ1) is 35.2. The third-order valence-corrected chi connectivity index (χ3v) is 10.6. The summed E-state index contributed by atoms with van der Waals surface area (Å²) in [4.78, 5) is 0. The Hall–Kier alpha value is -1.69. The molecule has 0 amide bonds. The molecule has 2 aliphatic carbocycles. The number of benzene rings is 1. The first-order chi connectivity index (χ1) is 21.5. The zero-order valence-electron chi connectivity index (χ0n) is 27.6. The molecule has 1 saturated heterocycles. The number of hydrogen-bond donors (Lipinski definition) is 0. The van der Waals surface area contributed by atoms with Crippen LogP contribution >= 0.6 is 0 Å². The Bertz CT molecular complexity index is 960. The third-order valence-electron chi connectivity index (χ3n) is 10.6. The van der Waals surface area contributed by atoms with E-state index < -0.39 is 17.8 Å².